The van der Waals surface area contributed by atoms with Crippen LogP contribution in [0.1, 0.15) is 12.5 Å². The third-order valence-corrected chi connectivity index (χ3v) is 5.17. The number of nitrogens with zero attached hydrogens (tertiary/aromatic N) is 1. The molecule has 0 saturated carbocycles. The van der Waals surface area contributed by atoms with Crippen LogP contribution in [0.2, 0.25) is 0 Å². The van der Waals surface area contributed by atoms with E-state index in [4.69, 9.17) is 0 Å². The monoisotopic (exact) mass is 418 g/mol. The van der Waals surface area contributed by atoms with E-state index in [0.29, 0.717) is 16.5 Å². The summed E-state index contributed by atoms with van der Waals surface area (Å²) in [6.07, 6.45) is 0. The van der Waals surface area contributed by atoms with Gasteiger partial charge < -0.3 is 16.0 Å². The van der Waals surface area contributed by atoms with Crippen LogP contribution in [0.15, 0.2) is 40.9 Å². The molecule has 0 atom stereocenters. The summed E-state index contributed by atoms with van der Waals surface area (Å²) in [5.41, 5.74) is 3.17. The minimum Gasteiger partial charge on any atom is -0.308 e. The first-order chi connectivity index (χ1) is 11.9. The number of benzene rings is 2. The fourth-order valence-electron chi connectivity index (χ4n) is 2.22. The zero-order chi connectivity index (χ0) is 18.0. The van der Waals surface area contributed by atoms with Gasteiger partial charge in [-0.2, -0.15) is 0 Å². The number of aryl methyl sites for hydroxylation is 1. The molecule has 25 heavy (non-hydrogen) atoms. The van der Waals surface area contributed by atoms with E-state index in [1.54, 1.807) is 12.1 Å². The van der Waals surface area contributed by atoms with E-state index in [1.165, 1.54) is 18.3 Å². The van der Waals surface area contributed by atoms with Crippen molar-refractivity contribution in [2.75, 3.05) is 16.0 Å². The van der Waals surface area contributed by atoms with Crippen molar-refractivity contribution in [3.8, 4) is 0 Å². The van der Waals surface area contributed by atoms with Crippen LogP contribution < -0.4 is 16.0 Å². The standard InChI is InChI=1S/C17H15BrN4O2S/c1-9-7-11(3-5-13(9)18)20-16(24)21-12-4-6-14-15(8-12)25-17(22-14)19-10(2)23/h3-8H,1-2H3,(H,19,22,23)(H2,20,21,24). The number of carbonyl (C=O) groups is 2. The lowest BCUT2D eigenvalue weighted by atomic mass is 10.2. The minimum absolute atomic E-state index is 0.165. The Hall–Kier alpha value is -2.45. The van der Waals surface area contributed by atoms with E-state index >= 15 is 0 Å². The maximum absolute atomic E-state index is 12.2. The number of rotatable bonds is 3. The summed E-state index contributed by atoms with van der Waals surface area (Å²) in [5.74, 6) is -0.165. The normalized spacial score (nSPS) is 10.5. The third kappa shape index (κ3) is 4.34. The van der Waals surface area contributed by atoms with Crippen molar-refractivity contribution in [3.05, 3.63) is 46.4 Å². The smallest absolute Gasteiger partial charge is 0.308 e. The Morgan fingerprint density at radius 2 is 1.72 bits per heavy atom. The fourth-order valence-corrected chi connectivity index (χ4v) is 3.42. The van der Waals surface area contributed by atoms with Crippen LogP contribution in [0, 0.1) is 6.92 Å². The fraction of sp³-hybridized carbons (Fsp3) is 0.118. The van der Waals surface area contributed by atoms with E-state index in [0.717, 1.165) is 20.3 Å². The van der Waals surface area contributed by atoms with Crippen molar-refractivity contribution in [1.29, 1.82) is 0 Å². The molecule has 0 unspecified atom stereocenters. The van der Waals surface area contributed by atoms with Gasteiger partial charge in [0.15, 0.2) is 5.13 Å². The number of hydrogen-bond acceptors (Lipinski definition) is 4. The molecule has 0 aliphatic rings. The maximum Gasteiger partial charge on any atom is 0.323 e. The minimum atomic E-state index is -0.326. The highest BCUT2D eigenvalue weighted by atomic mass is 79.9. The van der Waals surface area contributed by atoms with Crippen LogP contribution in [0.5, 0.6) is 0 Å². The van der Waals surface area contributed by atoms with E-state index in [-0.39, 0.29) is 11.9 Å². The topological polar surface area (TPSA) is 83.1 Å². The van der Waals surface area contributed by atoms with Crippen LogP contribution in [-0.2, 0) is 4.79 Å². The Bertz CT molecular complexity index is 970. The molecule has 3 amide bonds. The van der Waals surface area contributed by atoms with Gasteiger partial charge in [0.1, 0.15) is 0 Å². The first-order valence-electron chi connectivity index (χ1n) is 7.43. The number of hydrogen-bond donors (Lipinski definition) is 3. The molecular weight excluding hydrogens is 404 g/mol. The lowest BCUT2D eigenvalue weighted by molar-refractivity contribution is -0.114. The van der Waals surface area contributed by atoms with Crippen molar-refractivity contribution in [2.45, 2.75) is 13.8 Å². The van der Waals surface area contributed by atoms with Crippen molar-refractivity contribution in [3.63, 3.8) is 0 Å². The van der Waals surface area contributed by atoms with Gasteiger partial charge in [-0.1, -0.05) is 27.3 Å². The quantitative estimate of drug-likeness (QED) is 0.561. The zero-order valence-corrected chi connectivity index (χ0v) is 15.9. The van der Waals surface area contributed by atoms with Crippen LogP contribution in [-0.4, -0.2) is 16.9 Å². The molecule has 0 bridgehead atoms. The Kier molecular flexibility index (Phi) is 5.00. The molecule has 1 heterocycles. The van der Waals surface area contributed by atoms with Crippen molar-refractivity contribution in [2.24, 2.45) is 0 Å². The number of anilines is 3. The van der Waals surface area contributed by atoms with Gasteiger partial charge in [-0.3, -0.25) is 4.79 Å². The van der Waals surface area contributed by atoms with Gasteiger partial charge in [0.2, 0.25) is 5.91 Å². The highest BCUT2D eigenvalue weighted by Gasteiger charge is 2.08. The Balaban J connectivity index is 1.72. The lowest BCUT2D eigenvalue weighted by Crippen LogP contribution is -2.19. The molecule has 3 rings (SSSR count). The lowest BCUT2D eigenvalue weighted by Gasteiger charge is -2.09. The summed E-state index contributed by atoms with van der Waals surface area (Å²) in [7, 11) is 0. The van der Waals surface area contributed by atoms with Gasteiger partial charge in [0, 0.05) is 22.8 Å². The number of thiazole rings is 1. The van der Waals surface area contributed by atoms with E-state index in [1.807, 2.05) is 31.2 Å². The van der Waals surface area contributed by atoms with Gasteiger partial charge in [-0.25, -0.2) is 9.78 Å². The number of carbonyl (C=O) groups excluding carboxylic acids is 2. The van der Waals surface area contributed by atoms with Gasteiger partial charge in [-0.15, -0.1) is 0 Å². The largest absolute Gasteiger partial charge is 0.323 e. The number of aromatic nitrogens is 1. The number of nitrogens with one attached hydrogen (secondary N) is 3. The summed E-state index contributed by atoms with van der Waals surface area (Å²) < 4.78 is 1.87. The number of amides is 3. The molecule has 6 nitrogen and oxygen atoms in total. The molecule has 8 heteroatoms. The van der Waals surface area contributed by atoms with E-state index in [9.17, 15) is 9.59 Å². The maximum atomic E-state index is 12.2. The first kappa shape index (κ1) is 17.4. The average Bonchev–Trinajstić information content (AvgIpc) is 2.91. The Labute approximate surface area is 156 Å². The van der Waals surface area contributed by atoms with Crippen LogP contribution in [0.25, 0.3) is 10.2 Å². The van der Waals surface area contributed by atoms with Crippen molar-refractivity contribution >= 4 is 65.9 Å². The molecule has 2 aromatic carbocycles. The van der Waals surface area contributed by atoms with Gasteiger partial charge in [-0.05, 0) is 48.9 Å². The SMILES string of the molecule is CC(=O)Nc1nc2ccc(NC(=O)Nc3ccc(Br)c(C)c3)cc2s1. The van der Waals surface area contributed by atoms with Crippen LogP contribution in [0.4, 0.5) is 21.3 Å². The van der Waals surface area contributed by atoms with Crippen molar-refractivity contribution < 1.29 is 9.59 Å². The molecule has 0 fully saturated rings. The Morgan fingerprint density at radius 1 is 1.04 bits per heavy atom. The molecule has 0 aliphatic heterocycles. The molecule has 0 spiro atoms. The average molecular weight is 419 g/mol. The summed E-state index contributed by atoms with van der Waals surface area (Å²) in [6.45, 7) is 3.39. The van der Waals surface area contributed by atoms with Gasteiger partial charge in [0.05, 0.1) is 10.2 Å². The molecule has 0 aliphatic carbocycles. The highest BCUT2D eigenvalue weighted by Crippen LogP contribution is 2.28. The van der Waals surface area contributed by atoms with Crippen molar-refractivity contribution in [1.82, 2.24) is 4.98 Å². The second kappa shape index (κ2) is 7.20. The summed E-state index contributed by atoms with van der Waals surface area (Å²) in [6, 6.07) is 10.7. The highest BCUT2D eigenvalue weighted by molar-refractivity contribution is 9.10. The molecule has 0 saturated heterocycles. The molecule has 3 aromatic rings. The summed E-state index contributed by atoms with van der Waals surface area (Å²) in [5, 5.41) is 8.79. The third-order valence-electron chi connectivity index (χ3n) is 3.35. The second-order valence-electron chi connectivity index (χ2n) is 5.43. The predicted octanol–water partition coefficient (Wildman–Crippen LogP) is 4.97. The molecule has 3 N–H and O–H groups in total. The molecule has 0 radical (unpaired) electrons. The Morgan fingerprint density at radius 3 is 2.40 bits per heavy atom. The number of urea groups is 1. The summed E-state index contributed by atoms with van der Waals surface area (Å²) in [4.78, 5) is 27.6. The van der Waals surface area contributed by atoms with Gasteiger partial charge >= 0.3 is 6.03 Å². The van der Waals surface area contributed by atoms with E-state index in [2.05, 4.69) is 36.9 Å². The first-order valence-corrected chi connectivity index (χ1v) is 9.04. The molecule has 1 aromatic heterocycles. The van der Waals surface area contributed by atoms with Gasteiger partial charge in [0.25, 0.3) is 0 Å². The zero-order valence-electron chi connectivity index (χ0n) is 13.5. The molecule has 128 valence electrons. The van der Waals surface area contributed by atoms with Crippen LogP contribution >= 0.6 is 27.3 Å². The number of fused-ring (bicyclic) bond motifs is 1. The molecular formula is C17H15BrN4O2S. The second-order valence-corrected chi connectivity index (χ2v) is 7.31. The van der Waals surface area contributed by atoms with Crippen LogP contribution in [0.3, 0.4) is 0 Å². The van der Waals surface area contributed by atoms with E-state index < -0.39 is 0 Å². The number of halogens is 1. The summed E-state index contributed by atoms with van der Waals surface area (Å²) >= 11 is 4.78. The predicted molar refractivity (Wildman–Crippen MR) is 105 cm³/mol.